The number of hydrogen-bond acceptors (Lipinski definition) is 4. The maximum absolute atomic E-state index is 5.81. The molecule has 2 aliphatic rings. The zero-order valence-electron chi connectivity index (χ0n) is 7.38. The van der Waals surface area contributed by atoms with Crippen LogP contribution in [0, 0.1) is 0 Å². The molecule has 15 heavy (non-hydrogen) atoms. The molecule has 0 N–H and O–H groups in total. The fraction of sp³-hybridized carbons (Fsp3) is 0. The molecular formula is C9H5ClN2O2Se. The number of benzene rings is 1. The van der Waals surface area contributed by atoms with Crippen LogP contribution < -0.4 is 0 Å². The van der Waals surface area contributed by atoms with Gasteiger partial charge in [-0.3, -0.25) is 0 Å². The van der Waals surface area contributed by atoms with Gasteiger partial charge in [-0.1, -0.05) is 0 Å². The van der Waals surface area contributed by atoms with E-state index in [2.05, 4.69) is 10.3 Å². The Hall–Kier alpha value is -1.16. The number of nitrogens with zero attached hydrogens (tertiary/aromatic N) is 2. The molecule has 1 unspecified atom stereocenters. The number of rotatable bonds is 1. The summed E-state index contributed by atoms with van der Waals surface area (Å²) >= 11 is 4.12. The van der Waals surface area contributed by atoms with Crippen molar-refractivity contribution in [3.8, 4) is 0 Å². The first-order valence-electron chi connectivity index (χ1n) is 4.18. The molecule has 1 aromatic rings. The normalized spacial score (nSPS) is 22.1. The Morgan fingerprint density at radius 3 is 2.73 bits per heavy atom. The second kappa shape index (κ2) is 3.45. The molecule has 0 amide bonds. The van der Waals surface area contributed by atoms with Crippen LogP contribution in [0.15, 0.2) is 34.6 Å². The fourth-order valence-electron chi connectivity index (χ4n) is 1.30. The van der Waals surface area contributed by atoms with Gasteiger partial charge in [-0.15, -0.1) is 0 Å². The van der Waals surface area contributed by atoms with Gasteiger partial charge in [-0.2, -0.15) is 0 Å². The van der Waals surface area contributed by atoms with Crippen molar-refractivity contribution >= 4 is 42.1 Å². The summed E-state index contributed by atoms with van der Waals surface area (Å²) in [6.45, 7) is 0. The molecule has 0 radical (unpaired) electrons. The molecule has 3 rings (SSSR count). The summed E-state index contributed by atoms with van der Waals surface area (Å²) in [7, 11) is 0. The van der Waals surface area contributed by atoms with Gasteiger partial charge in [0, 0.05) is 0 Å². The molecule has 0 bridgehead atoms. The van der Waals surface area contributed by atoms with Crippen LogP contribution >= 0.6 is 11.6 Å². The van der Waals surface area contributed by atoms with Gasteiger partial charge >= 0.3 is 95.1 Å². The molecule has 76 valence electrons. The number of halogens is 1. The Morgan fingerprint density at radius 2 is 1.93 bits per heavy atom. The second-order valence-corrected chi connectivity index (χ2v) is 5.90. The van der Waals surface area contributed by atoms with Gasteiger partial charge in [-0.05, 0) is 0 Å². The van der Waals surface area contributed by atoms with Gasteiger partial charge in [0.05, 0.1) is 0 Å². The monoisotopic (exact) mass is 288 g/mol. The summed E-state index contributed by atoms with van der Waals surface area (Å²) in [6.07, 6.45) is 1.67. The molecule has 2 aliphatic heterocycles. The Balaban J connectivity index is 2.02. The van der Waals surface area contributed by atoms with E-state index >= 15 is 0 Å². The third-order valence-corrected chi connectivity index (χ3v) is 4.54. The van der Waals surface area contributed by atoms with Crippen LogP contribution in [0.5, 0.6) is 0 Å². The van der Waals surface area contributed by atoms with Crippen LogP contribution in [0.25, 0.3) is 0 Å². The van der Waals surface area contributed by atoms with Crippen LogP contribution in [0.2, 0.25) is 5.02 Å². The van der Waals surface area contributed by atoms with Crippen LogP contribution in [0.1, 0.15) is 5.56 Å². The molecule has 0 saturated heterocycles. The van der Waals surface area contributed by atoms with Gasteiger partial charge in [0.15, 0.2) is 0 Å². The van der Waals surface area contributed by atoms with Gasteiger partial charge in [0.25, 0.3) is 0 Å². The van der Waals surface area contributed by atoms with E-state index < -0.39 is 14.1 Å². The molecule has 0 saturated carbocycles. The number of oxime groups is 2. The minimum absolute atomic E-state index is 0.701. The van der Waals surface area contributed by atoms with Gasteiger partial charge in [0.1, 0.15) is 0 Å². The SMILES string of the molecule is Clc1ccc(C2=NO[Se]3=C2C=NO3)cc1. The van der Waals surface area contributed by atoms with Crippen molar-refractivity contribution in [2.45, 2.75) is 0 Å². The molecule has 0 spiro atoms. The van der Waals surface area contributed by atoms with E-state index in [1.807, 2.05) is 24.3 Å². The van der Waals surface area contributed by atoms with E-state index in [0.717, 1.165) is 15.7 Å². The van der Waals surface area contributed by atoms with Crippen molar-refractivity contribution < 1.29 is 7.84 Å². The summed E-state index contributed by atoms with van der Waals surface area (Å²) in [5, 5.41) is 8.42. The van der Waals surface area contributed by atoms with E-state index in [1.165, 1.54) is 0 Å². The average molecular weight is 288 g/mol. The van der Waals surface area contributed by atoms with E-state index in [1.54, 1.807) is 6.21 Å². The quantitative estimate of drug-likeness (QED) is 0.732. The molecule has 2 heterocycles. The van der Waals surface area contributed by atoms with E-state index in [-0.39, 0.29) is 0 Å². The van der Waals surface area contributed by atoms with Crippen molar-refractivity contribution in [1.29, 1.82) is 0 Å². The Labute approximate surface area is 95.2 Å². The van der Waals surface area contributed by atoms with Crippen molar-refractivity contribution in [2.75, 3.05) is 0 Å². The summed E-state index contributed by atoms with van der Waals surface area (Å²) < 4.78 is 11.2. The zero-order valence-corrected chi connectivity index (χ0v) is 9.85. The molecule has 4 nitrogen and oxygen atoms in total. The third-order valence-electron chi connectivity index (χ3n) is 2.01. The fourth-order valence-corrected chi connectivity index (χ4v) is 3.30. The predicted octanol–water partition coefficient (Wildman–Crippen LogP) is 1.33. The topological polar surface area (TPSA) is 43.2 Å². The minimum atomic E-state index is -1.69. The zero-order chi connectivity index (χ0) is 10.3. The summed E-state index contributed by atoms with van der Waals surface area (Å²) in [6, 6.07) is 7.44. The molecular weight excluding hydrogens is 283 g/mol. The first-order chi connectivity index (χ1) is 7.34. The van der Waals surface area contributed by atoms with Crippen molar-refractivity contribution in [1.82, 2.24) is 0 Å². The molecule has 1 atom stereocenters. The average Bonchev–Trinajstić information content (AvgIpc) is 2.80. The Kier molecular flexibility index (Phi) is 2.09. The standard InChI is InChI=1S/C9H5ClN2O2Se/c10-7-3-1-6(2-4-7)9-8-5-11-13-15(8)14-12-9/h1-5H. The van der Waals surface area contributed by atoms with Gasteiger partial charge < -0.3 is 0 Å². The Bertz CT molecular complexity index is 507. The molecule has 0 aliphatic carbocycles. The van der Waals surface area contributed by atoms with Crippen LogP contribution in [0.3, 0.4) is 0 Å². The number of hydrogen-bond donors (Lipinski definition) is 0. The first-order valence-corrected chi connectivity index (χ1v) is 6.82. The van der Waals surface area contributed by atoms with E-state index in [4.69, 9.17) is 19.4 Å². The summed E-state index contributed by atoms with van der Waals surface area (Å²) in [4.78, 5) is 0. The van der Waals surface area contributed by atoms with Crippen molar-refractivity contribution in [3.05, 3.63) is 34.9 Å². The van der Waals surface area contributed by atoms with Crippen molar-refractivity contribution in [2.24, 2.45) is 10.3 Å². The Morgan fingerprint density at radius 1 is 1.13 bits per heavy atom. The van der Waals surface area contributed by atoms with Crippen LogP contribution in [0.4, 0.5) is 0 Å². The van der Waals surface area contributed by atoms with E-state index in [0.29, 0.717) is 5.02 Å². The van der Waals surface area contributed by atoms with E-state index in [9.17, 15) is 0 Å². The third kappa shape index (κ3) is 1.49. The first kappa shape index (κ1) is 9.09. The van der Waals surface area contributed by atoms with Crippen LogP contribution in [-0.2, 0) is 7.84 Å². The molecule has 6 heteroatoms. The maximum atomic E-state index is 5.81. The predicted molar refractivity (Wildman–Crippen MR) is 59.4 cm³/mol. The van der Waals surface area contributed by atoms with Crippen LogP contribution in [-0.4, -0.2) is 30.5 Å². The molecule has 1 aromatic carbocycles. The van der Waals surface area contributed by atoms with Gasteiger partial charge in [-0.25, -0.2) is 0 Å². The molecule has 0 aromatic heterocycles. The summed E-state index contributed by atoms with van der Waals surface area (Å²) in [5.74, 6) is 0. The second-order valence-electron chi connectivity index (χ2n) is 2.93. The summed E-state index contributed by atoms with van der Waals surface area (Å²) in [5.41, 5.74) is 1.77. The van der Waals surface area contributed by atoms with Crippen molar-refractivity contribution in [3.63, 3.8) is 0 Å². The van der Waals surface area contributed by atoms with Gasteiger partial charge in [0.2, 0.25) is 0 Å². The molecule has 0 fully saturated rings.